The van der Waals surface area contributed by atoms with E-state index in [1.165, 1.54) is 6.33 Å². The van der Waals surface area contributed by atoms with Gasteiger partial charge in [-0.3, -0.25) is 14.3 Å². The molecule has 0 radical (unpaired) electrons. The number of aryl methyl sites for hydroxylation is 2. The number of hydrogen-bond donors (Lipinski definition) is 0. The molecule has 2 aliphatic rings. The van der Waals surface area contributed by atoms with E-state index in [9.17, 15) is 9.59 Å². The van der Waals surface area contributed by atoms with Gasteiger partial charge in [-0.15, -0.1) is 0 Å². The Labute approximate surface area is 217 Å². The second-order valence-corrected chi connectivity index (χ2v) is 10.1. The standard InChI is InChI=1S/C25H35ClN6O4/c1-20-14-21(5-6-22(20)26)35-17-25(15-24(34)30-10-8-29(2)9-11-30)16-31(12-13-36-25)23(33)4-3-7-32-19-27-18-28-32/h5-6,14,18-19H,3-4,7-13,15-17H2,1-2H3/t25-/m1/s1. The van der Waals surface area contributed by atoms with Crippen LogP contribution in [0.4, 0.5) is 0 Å². The molecule has 0 saturated carbocycles. The minimum absolute atomic E-state index is 0.0273. The minimum atomic E-state index is -0.923. The normalized spacial score (nSPS) is 21.0. The Morgan fingerprint density at radius 1 is 1.14 bits per heavy atom. The van der Waals surface area contributed by atoms with E-state index < -0.39 is 5.60 Å². The molecule has 11 heteroatoms. The highest BCUT2D eigenvalue weighted by Gasteiger charge is 2.42. The number of ether oxygens (including phenoxy) is 2. The molecule has 196 valence electrons. The Hall–Kier alpha value is -2.69. The van der Waals surface area contributed by atoms with E-state index in [1.54, 1.807) is 28.0 Å². The number of carbonyl (C=O) groups excluding carboxylic acids is 2. The number of amides is 2. The van der Waals surface area contributed by atoms with Crippen LogP contribution in [0.25, 0.3) is 0 Å². The summed E-state index contributed by atoms with van der Waals surface area (Å²) in [5.74, 6) is 0.722. The summed E-state index contributed by atoms with van der Waals surface area (Å²) in [7, 11) is 2.06. The van der Waals surface area contributed by atoms with Crippen molar-refractivity contribution in [1.29, 1.82) is 0 Å². The van der Waals surface area contributed by atoms with E-state index in [0.717, 1.165) is 18.7 Å². The largest absolute Gasteiger partial charge is 0.490 e. The molecule has 3 heterocycles. The summed E-state index contributed by atoms with van der Waals surface area (Å²) in [4.78, 5) is 36.2. The third kappa shape index (κ3) is 6.96. The first-order valence-corrected chi connectivity index (χ1v) is 12.8. The Balaban J connectivity index is 1.43. The van der Waals surface area contributed by atoms with Crippen molar-refractivity contribution in [3.63, 3.8) is 0 Å². The Morgan fingerprint density at radius 3 is 2.67 bits per heavy atom. The van der Waals surface area contributed by atoms with E-state index >= 15 is 0 Å². The zero-order valence-electron chi connectivity index (χ0n) is 21.1. The van der Waals surface area contributed by atoms with Crippen LogP contribution in [0.2, 0.25) is 5.02 Å². The topological polar surface area (TPSA) is 93.0 Å². The van der Waals surface area contributed by atoms with Crippen LogP contribution in [0.5, 0.6) is 5.75 Å². The molecule has 0 N–H and O–H groups in total. The van der Waals surface area contributed by atoms with E-state index in [4.69, 9.17) is 21.1 Å². The molecule has 1 atom stereocenters. The van der Waals surface area contributed by atoms with Crippen LogP contribution in [-0.2, 0) is 20.9 Å². The highest BCUT2D eigenvalue weighted by molar-refractivity contribution is 6.31. The zero-order valence-corrected chi connectivity index (χ0v) is 21.8. The van der Waals surface area contributed by atoms with Crippen molar-refractivity contribution in [3.8, 4) is 5.75 Å². The van der Waals surface area contributed by atoms with Crippen molar-refractivity contribution in [1.82, 2.24) is 29.5 Å². The molecule has 2 aromatic rings. The highest BCUT2D eigenvalue weighted by Crippen LogP contribution is 2.28. The number of rotatable bonds is 9. The van der Waals surface area contributed by atoms with Gasteiger partial charge in [0.2, 0.25) is 11.8 Å². The van der Waals surface area contributed by atoms with Crippen molar-refractivity contribution in [2.75, 3.05) is 59.5 Å². The van der Waals surface area contributed by atoms with Crippen LogP contribution in [0.15, 0.2) is 30.9 Å². The Bertz CT molecular complexity index is 1030. The molecule has 10 nitrogen and oxygen atoms in total. The smallest absolute Gasteiger partial charge is 0.225 e. The summed E-state index contributed by atoms with van der Waals surface area (Å²) in [6, 6.07) is 5.47. The molecule has 0 spiro atoms. The maximum absolute atomic E-state index is 13.3. The van der Waals surface area contributed by atoms with Crippen LogP contribution >= 0.6 is 11.6 Å². The molecule has 2 amide bonds. The number of morpholine rings is 1. The van der Waals surface area contributed by atoms with Crippen molar-refractivity contribution >= 4 is 23.4 Å². The molecule has 0 bridgehead atoms. The molecule has 2 aliphatic heterocycles. The molecule has 0 unspecified atom stereocenters. The molecule has 2 fully saturated rings. The van der Waals surface area contributed by atoms with Crippen LogP contribution in [0.3, 0.4) is 0 Å². The maximum atomic E-state index is 13.3. The molecule has 36 heavy (non-hydrogen) atoms. The Morgan fingerprint density at radius 2 is 1.94 bits per heavy atom. The van der Waals surface area contributed by atoms with Crippen LogP contribution in [0, 0.1) is 6.92 Å². The molecular formula is C25H35ClN6O4. The number of hydrogen-bond acceptors (Lipinski definition) is 7. The predicted octanol–water partition coefficient (Wildman–Crippen LogP) is 1.86. The number of nitrogens with zero attached hydrogens (tertiary/aromatic N) is 6. The summed E-state index contributed by atoms with van der Waals surface area (Å²) in [5.41, 5.74) is -0.0150. The first-order valence-electron chi connectivity index (χ1n) is 12.4. The molecule has 1 aromatic carbocycles. The van der Waals surface area contributed by atoms with Gasteiger partial charge in [-0.1, -0.05) is 11.6 Å². The van der Waals surface area contributed by atoms with E-state index in [0.29, 0.717) is 62.9 Å². The SMILES string of the molecule is Cc1cc(OC[C@@]2(CC(=O)N3CCN(C)CC3)CN(C(=O)CCCn3cncn3)CCO2)ccc1Cl. The number of carbonyl (C=O) groups is 2. The number of aromatic nitrogens is 3. The van der Waals surface area contributed by atoms with Gasteiger partial charge in [-0.2, -0.15) is 5.10 Å². The van der Waals surface area contributed by atoms with Crippen LogP contribution < -0.4 is 4.74 Å². The van der Waals surface area contributed by atoms with E-state index in [1.807, 2.05) is 17.9 Å². The third-order valence-corrected chi connectivity index (χ3v) is 7.23. The summed E-state index contributed by atoms with van der Waals surface area (Å²) in [6.07, 6.45) is 4.33. The van der Waals surface area contributed by atoms with Crippen LogP contribution in [0.1, 0.15) is 24.8 Å². The quantitative estimate of drug-likeness (QED) is 0.500. The van der Waals surface area contributed by atoms with Crippen molar-refractivity contribution in [2.24, 2.45) is 0 Å². The second-order valence-electron chi connectivity index (χ2n) is 9.67. The third-order valence-electron chi connectivity index (χ3n) is 6.81. The fourth-order valence-corrected chi connectivity index (χ4v) is 4.68. The fourth-order valence-electron chi connectivity index (χ4n) is 4.57. The Kier molecular flexibility index (Phi) is 8.81. The maximum Gasteiger partial charge on any atom is 0.225 e. The average Bonchev–Trinajstić information content (AvgIpc) is 3.39. The van der Waals surface area contributed by atoms with Gasteiger partial charge in [0, 0.05) is 50.7 Å². The molecule has 2 saturated heterocycles. The van der Waals surface area contributed by atoms with Gasteiger partial charge >= 0.3 is 0 Å². The molecule has 4 rings (SSSR count). The number of likely N-dealkylation sites (N-methyl/N-ethyl adjacent to an activating group) is 1. The second kappa shape index (κ2) is 12.0. The summed E-state index contributed by atoms with van der Waals surface area (Å²) in [6.45, 7) is 6.92. The first kappa shape index (κ1) is 26.4. The molecule has 1 aromatic heterocycles. The lowest BCUT2D eigenvalue weighted by molar-refractivity contribution is -0.166. The number of halogens is 1. The van der Waals surface area contributed by atoms with Gasteiger partial charge in [0.15, 0.2) is 0 Å². The summed E-state index contributed by atoms with van der Waals surface area (Å²) < 4.78 is 14.1. The highest BCUT2D eigenvalue weighted by atomic mass is 35.5. The van der Waals surface area contributed by atoms with Crippen molar-refractivity contribution < 1.29 is 19.1 Å². The van der Waals surface area contributed by atoms with Gasteiger partial charge in [0.1, 0.15) is 30.6 Å². The minimum Gasteiger partial charge on any atom is -0.490 e. The predicted molar refractivity (Wildman–Crippen MR) is 135 cm³/mol. The van der Waals surface area contributed by atoms with Gasteiger partial charge in [-0.05, 0) is 44.2 Å². The lowest BCUT2D eigenvalue weighted by Gasteiger charge is -2.43. The summed E-state index contributed by atoms with van der Waals surface area (Å²) in [5, 5.41) is 4.75. The number of benzene rings is 1. The fraction of sp³-hybridized carbons (Fsp3) is 0.600. The average molecular weight is 519 g/mol. The lowest BCUT2D eigenvalue weighted by atomic mass is 9.96. The van der Waals surface area contributed by atoms with Gasteiger partial charge < -0.3 is 24.2 Å². The van der Waals surface area contributed by atoms with Gasteiger partial charge in [-0.25, -0.2) is 4.98 Å². The molecule has 0 aliphatic carbocycles. The monoisotopic (exact) mass is 518 g/mol. The van der Waals surface area contributed by atoms with Crippen molar-refractivity contribution in [3.05, 3.63) is 41.4 Å². The van der Waals surface area contributed by atoms with Crippen molar-refractivity contribution in [2.45, 2.75) is 38.3 Å². The summed E-state index contributed by atoms with van der Waals surface area (Å²) >= 11 is 6.16. The van der Waals surface area contributed by atoms with Gasteiger partial charge in [0.05, 0.1) is 19.6 Å². The number of piperazine rings is 1. The first-order chi connectivity index (χ1) is 17.3. The molecular weight excluding hydrogens is 484 g/mol. The lowest BCUT2D eigenvalue weighted by Crippen LogP contribution is -2.59. The van der Waals surface area contributed by atoms with Crippen LogP contribution in [-0.4, -0.2) is 106 Å². The zero-order chi connectivity index (χ0) is 25.5. The van der Waals surface area contributed by atoms with E-state index in [2.05, 4.69) is 22.0 Å². The van der Waals surface area contributed by atoms with E-state index in [-0.39, 0.29) is 24.8 Å². The van der Waals surface area contributed by atoms with Gasteiger partial charge in [0.25, 0.3) is 0 Å².